The molecule has 0 spiro atoms. The third-order valence-corrected chi connectivity index (χ3v) is 7.71. The number of fused-ring (bicyclic) bond motifs is 1. The number of nitrogen functional groups attached to an aromatic ring is 1. The van der Waals surface area contributed by atoms with Gasteiger partial charge in [-0.1, -0.05) is 24.6 Å². The van der Waals surface area contributed by atoms with E-state index in [0.29, 0.717) is 65.9 Å². The normalized spacial score (nSPS) is 13.9. The standard InChI is InChI=1S/C33H35N7O5/c1-5-27(42)38-23(18-41)33(43)40-15-13-21(14-16-40)9-11-24-29(30-31(34)35-19-36-32(30)39(24)3)22-10-12-25(26(17-22)44-4)45-28-8-6-7-20(2)37-28/h5-8,10,12,17,19,21,23,41H,1,13-16,18H2,2-4H3,(H,38,42)(H2,34,35,36)/t23-/m1/s1. The Morgan fingerprint density at radius 1 is 1.22 bits per heavy atom. The maximum absolute atomic E-state index is 12.9. The molecule has 2 amide bonds. The van der Waals surface area contributed by atoms with E-state index in [4.69, 9.17) is 15.2 Å². The van der Waals surface area contributed by atoms with Crippen molar-refractivity contribution in [1.29, 1.82) is 0 Å². The van der Waals surface area contributed by atoms with Crippen molar-refractivity contribution in [2.45, 2.75) is 25.8 Å². The molecule has 4 N–H and O–H groups in total. The minimum absolute atomic E-state index is 0.0193. The van der Waals surface area contributed by atoms with Gasteiger partial charge in [0.25, 0.3) is 0 Å². The second-order valence-corrected chi connectivity index (χ2v) is 10.6. The van der Waals surface area contributed by atoms with E-state index in [0.717, 1.165) is 22.9 Å². The number of aliphatic hydroxyl groups is 1. The van der Waals surface area contributed by atoms with Crippen LogP contribution in [0, 0.1) is 24.7 Å². The number of likely N-dealkylation sites (tertiary alicyclic amines) is 1. The topological polar surface area (TPSA) is 158 Å². The van der Waals surface area contributed by atoms with Crippen LogP contribution in [0.1, 0.15) is 24.2 Å². The van der Waals surface area contributed by atoms with Crippen LogP contribution in [-0.4, -0.2) is 74.2 Å². The summed E-state index contributed by atoms with van der Waals surface area (Å²) in [7, 11) is 3.46. The summed E-state index contributed by atoms with van der Waals surface area (Å²) in [6, 6.07) is 10.1. The molecule has 12 nitrogen and oxygen atoms in total. The molecule has 12 heteroatoms. The first-order valence-corrected chi connectivity index (χ1v) is 14.5. The highest BCUT2D eigenvalue weighted by molar-refractivity contribution is 6.03. The van der Waals surface area contributed by atoms with Crippen molar-refractivity contribution in [2.24, 2.45) is 13.0 Å². The van der Waals surface area contributed by atoms with E-state index in [1.54, 1.807) is 18.1 Å². The molecule has 1 aromatic carbocycles. The molecule has 1 fully saturated rings. The molecule has 45 heavy (non-hydrogen) atoms. The molecule has 0 bridgehead atoms. The fraction of sp³-hybridized carbons (Fsp3) is 0.303. The van der Waals surface area contributed by atoms with E-state index in [2.05, 4.69) is 38.7 Å². The number of pyridine rings is 1. The number of aryl methyl sites for hydroxylation is 2. The van der Waals surface area contributed by atoms with Gasteiger partial charge in [0.2, 0.25) is 17.7 Å². The van der Waals surface area contributed by atoms with Gasteiger partial charge in [0.05, 0.1) is 19.1 Å². The molecule has 1 aliphatic heterocycles. The van der Waals surface area contributed by atoms with Crippen molar-refractivity contribution in [3.63, 3.8) is 0 Å². The number of aliphatic hydroxyl groups excluding tert-OH is 1. The lowest BCUT2D eigenvalue weighted by molar-refractivity contribution is -0.137. The lowest BCUT2D eigenvalue weighted by Crippen LogP contribution is -2.52. The summed E-state index contributed by atoms with van der Waals surface area (Å²) in [5, 5.41) is 12.8. The number of methoxy groups -OCH3 is 1. The number of nitrogens with one attached hydrogen (secondary N) is 1. The predicted molar refractivity (Wildman–Crippen MR) is 169 cm³/mol. The molecule has 232 valence electrons. The lowest BCUT2D eigenvalue weighted by Gasteiger charge is -2.32. The van der Waals surface area contributed by atoms with Crippen LogP contribution in [0.15, 0.2) is 55.4 Å². The molecule has 0 aliphatic carbocycles. The third-order valence-electron chi connectivity index (χ3n) is 7.71. The first kappa shape index (κ1) is 31.0. The fourth-order valence-corrected chi connectivity index (χ4v) is 5.35. The van der Waals surface area contributed by atoms with Gasteiger partial charge >= 0.3 is 0 Å². The van der Waals surface area contributed by atoms with Crippen LogP contribution in [0.25, 0.3) is 22.2 Å². The third kappa shape index (κ3) is 6.58. The first-order valence-electron chi connectivity index (χ1n) is 14.5. The number of amides is 2. The van der Waals surface area contributed by atoms with E-state index >= 15 is 0 Å². The van der Waals surface area contributed by atoms with Gasteiger partial charge < -0.3 is 35.1 Å². The van der Waals surface area contributed by atoms with E-state index in [9.17, 15) is 14.7 Å². The summed E-state index contributed by atoms with van der Waals surface area (Å²) in [5.41, 5.74) is 10.1. The van der Waals surface area contributed by atoms with Gasteiger partial charge in [-0.3, -0.25) is 9.59 Å². The summed E-state index contributed by atoms with van der Waals surface area (Å²) in [5.74, 6) is 7.74. The van der Waals surface area contributed by atoms with Gasteiger partial charge in [0.1, 0.15) is 29.5 Å². The molecule has 3 aromatic heterocycles. The van der Waals surface area contributed by atoms with Crippen molar-refractivity contribution < 1.29 is 24.2 Å². The maximum atomic E-state index is 12.9. The van der Waals surface area contributed by atoms with Crippen molar-refractivity contribution >= 4 is 28.7 Å². The van der Waals surface area contributed by atoms with E-state index < -0.39 is 18.6 Å². The predicted octanol–water partition coefficient (Wildman–Crippen LogP) is 2.98. The van der Waals surface area contributed by atoms with E-state index in [-0.39, 0.29) is 11.8 Å². The van der Waals surface area contributed by atoms with Crippen molar-refractivity contribution in [1.82, 2.24) is 29.7 Å². The van der Waals surface area contributed by atoms with Crippen LogP contribution in [0.2, 0.25) is 0 Å². The number of anilines is 1. The molecule has 1 atom stereocenters. The van der Waals surface area contributed by atoms with Crippen LogP contribution in [-0.2, 0) is 16.6 Å². The number of rotatable bonds is 8. The SMILES string of the molecule is C=CC(=O)N[C@H](CO)C(=O)N1CCC(C#Cc2c(-c3ccc(Oc4cccc(C)n4)c(OC)c3)c3c(N)ncnc3n2C)CC1. The second-order valence-electron chi connectivity index (χ2n) is 10.6. The minimum Gasteiger partial charge on any atom is -0.493 e. The summed E-state index contributed by atoms with van der Waals surface area (Å²) in [4.78, 5) is 39.3. The number of carbonyl (C=O) groups is 2. The number of aromatic nitrogens is 4. The lowest BCUT2D eigenvalue weighted by atomic mass is 9.96. The smallest absolute Gasteiger partial charge is 0.247 e. The van der Waals surface area contributed by atoms with E-state index in [1.165, 1.54) is 6.33 Å². The number of piperidine rings is 1. The zero-order valence-corrected chi connectivity index (χ0v) is 25.4. The largest absolute Gasteiger partial charge is 0.493 e. The van der Waals surface area contributed by atoms with Crippen LogP contribution in [0.5, 0.6) is 17.4 Å². The Labute approximate surface area is 260 Å². The average molecular weight is 610 g/mol. The second kappa shape index (κ2) is 13.5. The molecular formula is C33H35N7O5. The van der Waals surface area contributed by atoms with Crippen molar-refractivity contribution in [3.05, 3.63) is 66.8 Å². The Kier molecular flexibility index (Phi) is 9.30. The number of hydrogen-bond acceptors (Lipinski definition) is 9. The van der Waals surface area contributed by atoms with Crippen LogP contribution >= 0.6 is 0 Å². The number of carbonyl (C=O) groups excluding carboxylic acids is 2. The Balaban J connectivity index is 1.43. The van der Waals surface area contributed by atoms with Gasteiger partial charge in [-0.15, -0.1) is 0 Å². The van der Waals surface area contributed by atoms with Crippen LogP contribution in [0.3, 0.4) is 0 Å². The number of benzene rings is 1. The van der Waals surface area contributed by atoms with E-state index in [1.807, 2.05) is 48.9 Å². The molecule has 0 radical (unpaired) electrons. The highest BCUT2D eigenvalue weighted by Crippen LogP contribution is 2.40. The Bertz CT molecular complexity index is 1820. The summed E-state index contributed by atoms with van der Waals surface area (Å²) < 4.78 is 13.6. The number of nitrogens with two attached hydrogens (primary N) is 1. The number of hydrogen-bond donors (Lipinski definition) is 3. The highest BCUT2D eigenvalue weighted by atomic mass is 16.5. The molecule has 1 aliphatic rings. The highest BCUT2D eigenvalue weighted by Gasteiger charge is 2.28. The summed E-state index contributed by atoms with van der Waals surface area (Å²) in [6.45, 7) is 5.70. The number of ether oxygens (including phenoxy) is 2. The fourth-order valence-electron chi connectivity index (χ4n) is 5.35. The minimum atomic E-state index is -1.01. The summed E-state index contributed by atoms with van der Waals surface area (Å²) in [6.07, 6.45) is 3.77. The Morgan fingerprint density at radius 2 is 2.00 bits per heavy atom. The van der Waals surface area contributed by atoms with Crippen molar-refractivity contribution in [2.75, 3.05) is 32.5 Å². The Morgan fingerprint density at radius 3 is 2.69 bits per heavy atom. The number of nitrogens with zero attached hydrogens (tertiary/aromatic N) is 5. The van der Waals surface area contributed by atoms with Gasteiger partial charge in [-0.2, -0.15) is 0 Å². The molecule has 0 saturated carbocycles. The average Bonchev–Trinajstić information content (AvgIpc) is 3.34. The molecule has 1 saturated heterocycles. The summed E-state index contributed by atoms with van der Waals surface area (Å²) >= 11 is 0. The quantitative estimate of drug-likeness (QED) is 0.202. The molecule has 5 rings (SSSR count). The molecule has 4 aromatic rings. The van der Waals surface area contributed by atoms with Crippen LogP contribution < -0.4 is 20.5 Å². The monoisotopic (exact) mass is 609 g/mol. The maximum Gasteiger partial charge on any atom is 0.247 e. The van der Waals surface area contributed by atoms with Gasteiger partial charge in [-0.05, 0) is 55.5 Å². The first-order chi connectivity index (χ1) is 21.7. The molecule has 0 unspecified atom stereocenters. The van der Waals surface area contributed by atoms with Gasteiger partial charge in [0.15, 0.2) is 11.5 Å². The molecular weight excluding hydrogens is 574 g/mol. The van der Waals surface area contributed by atoms with Gasteiger partial charge in [-0.25, -0.2) is 15.0 Å². The van der Waals surface area contributed by atoms with Crippen LogP contribution in [0.4, 0.5) is 5.82 Å². The Hall–Kier alpha value is -5.41. The van der Waals surface area contributed by atoms with Gasteiger partial charge in [0, 0.05) is 43.4 Å². The zero-order chi connectivity index (χ0) is 32.1. The molecule has 4 heterocycles. The van der Waals surface area contributed by atoms with Crippen molar-refractivity contribution in [3.8, 4) is 40.3 Å². The zero-order valence-electron chi connectivity index (χ0n) is 25.4.